The Bertz CT molecular complexity index is 1070. The lowest BCUT2D eigenvalue weighted by Crippen LogP contribution is -2.22. The lowest BCUT2D eigenvalue weighted by molar-refractivity contribution is 0.771. The number of rotatable bonds is 4. The van der Waals surface area contributed by atoms with E-state index in [1.165, 1.54) is 6.07 Å². The van der Waals surface area contributed by atoms with Crippen LogP contribution >= 0.6 is 11.3 Å². The normalized spacial score (nSPS) is 10.9. The Hall–Kier alpha value is -2.72. The quantitative estimate of drug-likeness (QED) is 0.789. The molecule has 0 spiro atoms. The predicted molar refractivity (Wildman–Crippen MR) is 93.5 cm³/mol. The van der Waals surface area contributed by atoms with E-state index < -0.39 is 5.56 Å². The van der Waals surface area contributed by atoms with Gasteiger partial charge in [0.1, 0.15) is 11.6 Å². The Labute approximate surface area is 142 Å². The maximum Gasteiger partial charge on any atom is 0.266 e. The van der Waals surface area contributed by atoms with Crippen LogP contribution in [-0.4, -0.2) is 14.5 Å². The maximum atomic E-state index is 12.7. The number of H-pyrrole nitrogens is 1. The van der Waals surface area contributed by atoms with Crippen LogP contribution in [-0.2, 0) is 13.0 Å². The summed E-state index contributed by atoms with van der Waals surface area (Å²) >= 11 is 1.62. The van der Waals surface area contributed by atoms with Gasteiger partial charge in [-0.1, -0.05) is 6.92 Å². The van der Waals surface area contributed by atoms with Crippen molar-refractivity contribution in [2.24, 2.45) is 0 Å². The Morgan fingerprint density at radius 2 is 2.21 bits per heavy atom. The summed E-state index contributed by atoms with van der Waals surface area (Å²) in [6, 6.07) is 4.85. The number of aromatic nitrogens is 3. The first kappa shape index (κ1) is 16.1. The lowest BCUT2D eigenvalue weighted by atomic mass is 10.2. The van der Waals surface area contributed by atoms with Crippen molar-refractivity contribution in [3.8, 4) is 6.07 Å². The first-order chi connectivity index (χ1) is 11.5. The molecule has 24 heavy (non-hydrogen) atoms. The molecule has 0 saturated carbocycles. The zero-order valence-electron chi connectivity index (χ0n) is 13.4. The van der Waals surface area contributed by atoms with Crippen LogP contribution in [0.3, 0.4) is 0 Å². The molecule has 1 N–H and O–H groups in total. The van der Waals surface area contributed by atoms with Gasteiger partial charge in [-0.3, -0.25) is 9.59 Å². The smallest absolute Gasteiger partial charge is 0.266 e. The van der Waals surface area contributed by atoms with Crippen molar-refractivity contribution in [3.63, 3.8) is 0 Å². The highest BCUT2D eigenvalue weighted by molar-refractivity contribution is 7.11. The van der Waals surface area contributed by atoms with Gasteiger partial charge < -0.3 is 9.55 Å². The van der Waals surface area contributed by atoms with Gasteiger partial charge in [0, 0.05) is 11.1 Å². The van der Waals surface area contributed by atoms with Crippen LogP contribution in [0.2, 0.25) is 0 Å². The van der Waals surface area contributed by atoms with Crippen LogP contribution in [0, 0.1) is 18.3 Å². The number of aromatic amines is 1. The first-order valence-corrected chi connectivity index (χ1v) is 8.47. The molecule has 3 heterocycles. The Kier molecular flexibility index (Phi) is 4.32. The standard InChI is InChI=1S/C17H16N4O2S/c1-3-4-15-19-10(2)14(24-15)9-21-6-5-13-12(17(21)23)7-11(8-18)16(22)20-13/h5-7H,3-4,9H2,1-2H3,(H,20,22). The topological polar surface area (TPSA) is 91.5 Å². The van der Waals surface area contributed by atoms with Gasteiger partial charge in [-0.2, -0.15) is 5.26 Å². The molecule has 0 radical (unpaired) electrons. The van der Waals surface area contributed by atoms with E-state index in [2.05, 4.69) is 16.9 Å². The molecule has 3 aromatic heterocycles. The minimum atomic E-state index is -0.482. The molecular formula is C17H16N4O2S. The van der Waals surface area contributed by atoms with E-state index in [4.69, 9.17) is 5.26 Å². The van der Waals surface area contributed by atoms with Crippen molar-refractivity contribution in [2.75, 3.05) is 0 Å². The van der Waals surface area contributed by atoms with E-state index in [9.17, 15) is 9.59 Å². The number of pyridine rings is 2. The summed E-state index contributed by atoms with van der Waals surface area (Å²) < 4.78 is 1.58. The Balaban J connectivity index is 2.06. The molecule has 0 aromatic carbocycles. The molecule has 0 unspecified atom stereocenters. The van der Waals surface area contributed by atoms with E-state index >= 15 is 0 Å². The van der Waals surface area contributed by atoms with Gasteiger partial charge in [0.25, 0.3) is 11.1 Å². The van der Waals surface area contributed by atoms with Crippen LogP contribution in [0.15, 0.2) is 27.9 Å². The van der Waals surface area contributed by atoms with Crippen LogP contribution in [0.4, 0.5) is 0 Å². The number of hydrogen-bond donors (Lipinski definition) is 1. The summed E-state index contributed by atoms with van der Waals surface area (Å²) in [5, 5.41) is 10.4. The second-order valence-corrected chi connectivity index (χ2v) is 6.73. The monoisotopic (exact) mass is 340 g/mol. The molecule has 0 saturated heterocycles. The summed E-state index contributed by atoms with van der Waals surface area (Å²) in [4.78, 5) is 32.5. The van der Waals surface area contributed by atoms with Gasteiger partial charge in [0.2, 0.25) is 0 Å². The van der Waals surface area contributed by atoms with Crippen LogP contribution in [0.25, 0.3) is 10.9 Å². The van der Waals surface area contributed by atoms with Crippen molar-refractivity contribution in [2.45, 2.75) is 33.2 Å². The number of nitrogens with one attached hydrogen (secondary N) is 1. The van der Waals surface area contributed by atoms with E-state index in [0.717, 1.165) is 28.4 Å². The maximum absolute atomic E-state index is 12.7. The number of fused-ring (bicyclic) bond motifs is 1. The lowest BCUT2D eigenvalue weighted by Gasteiger charge is -2.06. The first-order valence-electron chi connectivity index (χ1n) is 7.65. The van der Waals surface area contributed by atoms with Gasteiger partial charge in [-0.25, -0.2) is 4.98 Å². The van der Waals surface area contributed by atoms with E-state index in [1.807, 2.05) is 13.0 Å². The minimum absolute atomic E-state index is 0.0587. The molecule has 0 atom stereocenters. The second-order valence-electron chi connectivity index (χ2n) is 5.57. The van der Waals surface area contributed by atoms with E-state index in [-0.39, 0.29) is 11.1 Å². The molecular weight excluding hydrogens is 324 g/mol. The van der Waals surface area contributed by atoms with Crippen molar-refractivity contribution in [1.29, 1.82) is 5.26 Å². The van der Waals surface area contributed by atoms with Crippen LogP contribution in [0.5, 0.6) is 0 Å². The van der Waals surface area contributed by atoms with E-state index in [1.54, 1.807) is 28.2 Å². The van der Waals surface area contributed by atoms with E-state index in [0.29, 0.717) is 17.4 Å². The molecule has 0 amide bonds. The number of thiazole rings is 1. The van der Waals surface area contributed by atoms with Crippen molar-refractivity contribution in [3.05, 3.63) is 60.2 Å². The highest BCUT2D eigenvalue weighted by atomic mass is 32.1. The molecule has 3 aromatic rings. The minimum Gasteiger partial charge on any atom is -0.321 e. The molecule has 0 bridgehead atoms. The SMILES string of the molecule is CCCc1nc(C)c(Cn2ccc3[nH]c(=O)c(C#N)cc3c2=O)s1. The van der Waals surface area contributed by atoms with Gasteiger partial charge in [0.15, 0.2) is 0 Å². The molecule has 0 aliphatic rings. The molecule has 0 aliphatic carbocycles. The molecule has 6 nitrogen and oxygen atoms in total. The third kappa shape index (κ3) is 2.88. The molecule has 3 rings (SSSR count). The van der Waals surface area contributed by atoms with Gasteiger partial charge >= 0.3 is 0 Å². The van der Waals surface area contributed by atoms with Crippen molar-refractivity contribution < 1.29 is 0 Å². The van der Waals surface area contributed by atoms with Gasteiger partial charge in [-0.15, -0.1) is 11.3 Å². The summed E-state index contributed by atoms with van der Waals surface area (Å²) in [5.41, 5.74) is 0.605. The second kappa shape index (κ2) is 6.42. The number of aryl methyl sites for hydroxylation is 2. The largest absolute Gasteiger partial charge is 0.321 e. The molecule has 0 aliphatic heterocycles. The fraction of sp³-hybridized carbons (Fsp3) is 0.294. The van der Waals surface area contributed by atoms with Crippen molar-refractivity contribution in [1.82, 2.24) is 14.5 Å². The highest BCUT2D eigenvalue weighted by Gasteiger charge is 2.11. The zero-order valence-corrected chi connectivity index (χ0v) is 14.2. The molecule has 122 valence electrons. The Morgan fingerprint density at radius 3 is 2.92 bits per heavy atom. The summed E-state index contributed by atoms with van der Waals surface area (Å²) in [7, 11) is 0. The zero-order chi connectivity index (χ0) is 17.3. The number of hydrogen-bond acceptors (Lipinski definition) is 5. The number of nitriles is 1. The highest BCUT2D eigenvalue weighted by Crippen LogP contribution is 2.20. The van der Waals surface area contributed by atoms with Gasteiger partial charge in [-0.05, 0) is 31.9 Å². The predicted octanol–water partition coefficient (Wildman–Crippen LogP) is 2.33. The molecule has 0 fully saturated rings. The van der Waals surface area contributed by atoms with Crippen LogP contribution in [0.1, 0.15) is 34.5 Å². The average molecular weight is 340 g/mol. The van der Waals surface area contributed by atoms with Gasteiger partial charge in [0.05, 0.1) is 28.1 Å². The third-order valence-electron chi connectivity index (χ3n) is 3.82. The third-order valence-corrected chi connectivity index (χ3v) is 5.02. The summed E-state index contributed by atoms with van der Waals surface area (Å²) in [6.45, 7) is 4.49. The summed E-state index contributed by atoms with van der Waals surface area (Å²) in [6.07, 6.45) is 3.63. The van der Waals surface area contributed by atoms with Crippen LogP contribution < -0.4 is 11.1 Å². The fourth-order valence-electron chi connectivity index (χ4n) is 2.56. The fourth-order valence-corrected chi connectivity index (χ4v) is 3.73. The molecule has 7 heteroatoms. The van der Waals surface area contributed by atoms with Crippen molar-refractivity contribution >= 4 is 22.2 Å². The average Bonchev–Trinajstić information content (AvgIpc) is 2.90. The Morgan fingerprint density at radius 1 is 1.42 bits per heavy atom. The number of nitrogens with zero attached hydrogens (tertiary/aromatic N) is 3. The summed E-state index contributed by atoms with van der Waals surface area (Å²) in [5.74, 6) is 0.